The maximum atomic E-state index is 13.8. The van der Waals surface area contributed by atoms with Crippen molar-refractivity contribution in [2.24, 2.45) is 0 Å². The largest absolute Gasteiger partial charge is 0.378 e. The predicted molar refractivity (Wildman–Crippen MR) is 107 cm³/mol. The third kappa shape index (κ3) is 2.70. The summed E-state index contributed by atoms with van der Waals surface area (Å²) < 4.78 is 13.8. The molecule has 0 atom stereocenters. The highest BCUT2D eigenvalue weighted by Gasteiger charge is 2.25. The van der Waals surface area contributed by atoms with E-state index < -0.39 is 0 Å². The van der Waals surface area contributed by atoms with Crippen molar-refractivity contribution >= 4 is 17.0 Å². The summed E-state index contributed by atoms with van der Waals surface area (Å²) in [5, 5.41) is 8.00. The van der Waals surface area contributed by atoms with Crippen LogP contribution >= 0.6 is 0 Å². The van der Waals surface area contributed by atoms with Gasteiger partial charge < -0.3 is 10.3 Å². The van der Waals surface area contributed by atoms with E-state index in [2.05, 4.69) is 23.1 Å². The van der Waals surface area contributed by atoms with Gasteiger partial charge in [-0.15, -0.1) is 0 Å². The molecule has 1 N–H and O–H groups in total. The maximum Gasteiger partial charge on any atom is 0.126 e. The Balaban J connectivity index is 1.99. The predicted octanol–water partition coefficient (Wildman–Crippen LogP) is 5.07. The molecule has 2 aromatic rings. The molecule has 0 saturated carbocycles. The Kier molecular flexibility index (Phi) is 3.87. The number of halogens is 1. The van der Waals surface area contributed by atoms with Gasteiger partial charge in [-0.05, 0) is 88.7 Å². The summed E-state index contributed by atoms with van der Waals surface area (Å²) in [6.07, 6.45) is 6.60. The van der Waals surface area contributed by atoms with Gasteiger partial charge in [0, 0.05) is 19.8 Å². The number of rotatable bonds is 2. The summed E-state index contributed by atoms with van der Waals surface area (Å²) in [6.45, 7) is 1.80. The van der Waals surface area contributed by atoms with Crippen molar-refractivity contribution in [1.29, 1.82) is 5.41 Å². The Morgan fingerprint density at radius 2 is 1.85 bits per heavy atom. The molecule has 0 radical (unpaired) electrons. The molecule has 130 valence electrons. The van der Waals surface area contributed by atoms with E-state index in [9.17, 15) is 4.39 Å². The summed E-state index contributed by atoms with van der Waals surface area (Å²) in [5.41, 5.74) is 9.17. The molecule has 0 amide bonds. The molecule has 0 bridgehead atoms. The highest BCUT2D eigenvalue weighted by atomic mass is 19.1. The van der Waals surface area contributed by atoms with E-state index in [-0.39, 0.29) is 5.82 Å². The van der Waals surface area contributed by atoms with Gasteiger partial charge in [0.25, 0.3) is 0 Å². The van der Waals surface area contributed by atoms with Crippen LogP contribution in [-0.4, -0.2) is 19.8 Å². The van der Waals surface area contributed by atoms with E-state index in [0.29, 0.717) is 11.3 Å². The summed E-state index contributed by atoms with van der Waals surface area (Å²) in [4.78, 5) is 2.10. The lowest BCUT2D eigenvalue weighted by Crippen LogP contribution is -2.14. The molecule has 2 nitrogen and oxygen atoms in total. The van der Waals surface area contributed by atoms with Gasteiger partial charge in [-0.25, -0.2) is 4.39 Å². The molecule has 0 aromatic heterocycles. The lowest BCUT2D eigenvalue weighted by Gasteiger charge is -2.28. The van der Waals surface area contributed by atoms with Crippen molar-refractivity contribution in [2.75, 3.05) is 19.0 Å². The summed E-state index contributed by atoms with van der Waals surface area (Å²) in [5.74, 6) is -0.185. The quantitative estimate of drug-likeness (QED) is 0.809. The van der Waals surface area contributed by atoms with Crippen LogP contribution in [0.3, 0.4) is 0 Å². The van der Waals surface area contributed by atoms with E-state index in [0.717, 1.165) is 34.4 Å². The van der Waals surface area contributed by atoms with Crippen LogP contribution in [0.15, 0.2) is 65.8 Å². The molecule has 4 rings (SSSR count). The second-order valence-electron chi connectivity index (χ2n) is 7.12. The number of anilines is 1. The fraction of sp³-hybridized carbons (Fsp3) is 0.174. The minimum absolute atomic E-state index is 0.185. The first-order valence-corrected chi connectivity index (χ1v) is 8.73. The summed E-state index contributed by atoms with van der Waals surface area (Å²) in [7, 11) is 4.07. The molecule has 0 unspecified atom stereocenters. The molecule has 0 heterocycles. The molecule has 26 heavy (non-hydrogen) atoms. The number of nitrogens with zero attached hydrogens (tertiary/aromatic N) is 1. The van der Waals surface area contributed by atoms with E-state index >= 15 is 0 Å². The molecule has 0 saturated heterocycles. The molecule has 0 aliphatic heterocycles. The minimum Gasteiger partial charge on any atom is -0.378 e. The number of nitrogens with one attached hydrogen (secondary N) is 1. The second-order valence-corrected chi connectivity index (χ2v) is 7.12. The number of fused-ring (bicyclic) bond motifs is 2. The fourth-order valence-corrected chi connectivity index (χ4v) is 3.69. The third-order valence-corrected chi connectivity index (χ3v) is 5.08. The Labute approximate surface area is 153 Å². The molecule has 2 aliphatic carbocycles. The monoisotopic (exact) mass is 344 g/mol. The normalized spacial score (nSPS) is 15.5. The molecular formula is C23H21FN2. The zero-order chi connectivity index (χ0) is 18.4. The van der Waals surface area contributed by atoms with Crippen molar-refractivity contribution in [3.05, 3.63) is 93.8 Å². The number of hydrogen-bond donors (Lipinski definition) is 1. The number of allylic oxidation sites excluding steroid dienone is 5. The van der Waals surface area contributed by atoms with Crippen molar-refractivity contribution < 1.29 is 4.39 Å². The first kappa shape index (κ1) is 16.5. The van der Waals surface area contributed by atoms with E-state index in [1.165, 1.54) is 11.1 Å². The highest BCUT2D eigenvalue weighted by molar-refractivity contribution is 6.07. The lowest BCUT2D eigenvalue weighted by atomic mass is 9.77. The minimum atomic E-state index is -0.185. The van der Waals surface area contributed by atoms with Crippen LogP contribution < -0.4 is 4.90 Å². The van der Waals surface area contributed by atoms with Gasteiger partial charge in [0.15, 0.2) is 0 Å². The van der Waals surface area contributed by atoms with Crippen molar-refractivity contribution in [3.63, 3.8) is 0 Å². The van der Waals surface area contributed by atoms with Gasteiger partial charge in [0.1, 0.15) is 5.82 Å². The fourth-order valence-electron chi connectivity index (χ4n) is 3.69. The van der Waals surface area contributed by atoms with Crippen molar-refractivity contribution in [1.82, 2.24) is 0 Å². The smallest absolute Gasteiger partial charge is 0.126 e. The molecule has 0 spiro atoms. The molecule has 2 aromatic carbocycles. The Morgan fingerprint density at radius 1 is 1.04 bits per heavy atom. The average molecular weight is 344 g/mol. The highest BCUT2D eigenvalue weighted by Crippen LogP contribution is 2.41. The average Bonchev–Trinajstić information content (AvgIpc) is 2.61. The van der Waals surface area contributed by atoms with E-state index in [4.69, 9.17) is 5.41 Å². The summed E-state index contributed by atoms with van der Waals surface area (Å²) in [6, 6.07) is 11.8. The van der Waals surface area contributed by atoms with Gasteiger partial charge in [0.05, 0.1) is 5.71 Å². The standard InChI is InChI=1S/C23H21FN2/c1-14-10-15(4-9-22(14)24)23-20-7-5-18(25)12-16(20)11-17-13-19(26(2)3)6-8-21(17)23/h4-10,12-13,25H,11H2,1-3H3. The zero-order valence-corrected chi connectivity index (χ0v) is 15.2. The van der Waals surface area contributed by atoms with Gasteiger partial charge in [0.2, 0.25) is 0 Å². The van der Waals surface area contributed by atoms with Gasteiger partial charge in [-0.3, -0.25) is 0 Å². The van der Waals surface area contributed by atoms with E-state index in [1.807, 2.05) is 44.5 Å². The van der Waals surface area contributed by atoms with Gasteiger partial charge >= 0.3 is 0 Å². The van der Waals surface area contributed by atoms with Gasteiger partial charge in [-0.2, -0.15) is 0 Å². The van der Waals surface area contributed by atoms with Crippen LogP contribution in [0.2, 0.25) is 0 Å². The van der Waals surface area contributed by atoms with Crippen LogP contribution in [0.1, 0.15) is 22.3 Å². The first-order chi connectivity index (χ1) is 12.4. The third-order valence-electron chi connectivity index (χ3n) is 5.08. The number of benzene rings is 2. The summed E-state index contributed by atoms with van der Waals surface area (Å²) >= 11 is 0. The van der Waals surface area contributed by atoms with Crippen LogP contribution in [-0.2, 0) is 6.42 Å². The topological polar surface area (TPSA) is 27.1 Å². The molecule has 2 aliphatic rings. The van der Waals surface area contributed by atoms with Crippen LogP contribution in [0, 0.1) is 18.2 Å². The van der Waals surface area contributed by atoms with Gasteiger partial charge in [-0.1, -0.05) is 18.2 Å². The second kappa shape index (κ2) is 6.10. The first-order valence-electron chi connectivity index (χ1n) is 8.73. The van der Waals surface area contributed by atoms with E-state index in [1.54, 1.807) is 13.0 Å². The Bertz CT molecular complexity index is 1020. The van der Waals surface area contributed by atoms with Crippen LogP contribution in [0.25, 0.3) is 5.57 Å². The maximum absolute atomic E-state index is 13.8. The van der Waals surface area contributed by atoms with Crippen molar-refractivity contribution in [3.8, 4) is 0 Å². The number of aryl methyl sites for hydroxylation is 1. The van der Waals surface area contributed by atoms with Crippen LogP contribution in [0.4, 0.5) is 10.1 Å². The lowest BCUT2D eigenvalue weighted by molar-refractivity contribution is 0.618. The number of hydrogen-bond acceptors (Lipinski definition) is 2. The Hall–Kier alpha value is -2.94. The van der Waals surface area contributed by atoms with Crippen molar-refractivity contribution in [2.45, 2.75) is 13.3 Å². The molecular weight excluding hydrogens is 323 g/mol. The zero-order valence-electron chi connectivity index (χ0n) is 15.2. The van der Waals surface area contributed by atoms with Crippen LogP contribution in [0.5, 0.6) is 0 Å². The molecule has 3 heteroatoms. The Morgan fingerprint density at radius 3 is 2.58 bits per heavy atom. The SMILES string of the molecule is Cc1cc(C2=C3C=CC(=N)C=C3Cc3cc(N(C)C)ccc32)ccc1F. The molecule has 0 fully saturated rings.